The van der Waals surface area contributed by atoms with Crippen LogP contribution in [0.3, 0.4) is 0 Å². The first-order chi connectivity index (χ1) is 17.7. The SMILES string of the molecule is CCOC(=O)c1[nH]nc2c1CCC1=C2CN(C(c2ccccc2)(c2ccccc2)c2ccccc2)N1. The molecule has 1 aliphatic carbocycles. The van der Waals surface area contributed by atoms with Crippen LogP contribution < -0.4 is 5.43 Å². The maximum atomic E-state index is 12.5. The van der Waals surface area contributed by atoms with Crippen molar-refractivity contribution in [3.8, 4) is 0 Å². The fourth-order valence-corrected chi connectivity index (χ4v) is 5.64. The van der Waals surface area contributed by atoms with Crippen LogP contribution in [0.2, 0.25) is 0 Å². The monoisotopic (exact) mass is 476 g/mol. The molecule has 4 aromatic rings. The second kappa shape index (κ2) is 9.13. The molecule has 0 unspecified atom stereocenters. The fourth-order valence-electron chi connectivity index (χ4n) is 5.64. The number of carbonyl (C=O) groups excluding carboxylic acids is 1. The maximum Gasteiger partial charge on any atom is 0.356 e. The number of esters is 1. The smallest absolute Gasteiger partial charge is 0.356 e. The average molecular weight is 477 g/mol. The summed E-state index contributed by atoms with van der Waals surface area (Å²) in [4.78, 5) is 12.5. The minimum atomic E-state index is -0.582. The Balaban J connectivity index is 1.49. The van der Waals surface area contributed by atoms with Crippen LogP contribution in [0.1, 0.15) is 51.8 Å². The summed E-state index contributed by atoms with van der Waals surface area (Å²) in [5, 5.41) is 9.87. The molecule has 0 spiro atoms. The first kappa shape index (κ1) is 22.3. The predicted molar refractivity (Wildman–Crippen MR) is 139 cm³/mol. The van der Waals surface area contributed by atoms with Gasteiger partial charge in [0.15, 0.2) is 0 Å². The van der Waals surface area contributed by atoms with E-state index >= 15 is 0 Å². The molecule has 3 aromatic carbocycles. The van der Waals surface area contributed by atoms with E-state index in [4.69, 9.17) is 4.74 Å². The quantitative estimate of drug-likeness (QED) is 0.301. The molecule has 1 aromatic heterocycles. The Hall–Kier alpha value is -4.16. The van der Waals surface area contributed by atoms with Crippen LogP contribution in [0.5, 0.6) is 0 Å². The van der Waals surface area contributed by atoms with Gasteiger partial charge in [-0.3, -0.25) is 5.10 Å². The molecule has 2 heterocycles. The number of fused-ring (bicyclic) bond motifs is 2. The van der Waals surface area contributed by atoms with Gasteiger partial charge in [0.05, 0.1) is 12.3 Å². The topological polar surface area (TPSA) is 70.2 Å². The van der Waals surface area contributed by atoms with Crippen molar-refractivity contribution in [1.29, 1.82) is 0 Å². The number of allylic oxidation sites excluding steroid dienone is 1. The standard InChI is InChI=1S/C30H28N4O2/c1-2-36-29(35)28-24-18-19-26-25(27(24)31-32-28)20-34(33-26)30(21-12-6-3-7-13-21,22-14-8-4-9-15-22)23-16-10-5-11-17-23/h3-17,33H,2,18-20H2,1H3,(H,31,32). The molecule has 0 amide bonds. The summed E-state index contributed by atoms with van der Waals surface area (Å²) in [5.41, 5.74) is 11.3. The molecule has 1 aliphatic heterocycles. The van der Waals surface area contributed by atoms with Crippen LogP contribution in [-0.4, -0.2) is 34.3 Å². The highest BCUT2D eigenvalue weighted by atomic mass is 16.5. The molecule has 6 nitrogen and oxygen atoms in total. The van der Waals surface area contributed by atoms with E-state index in [0.29, 0.717) is 18.8 Å². The van der Waals surface area contributed by atoms with Gasteiger partial charge >= 0.3 is 5.97 Å². The Bertz CT molecular complexity index is 1310. The Kier molecular flexibility index (Phi) is 5.66. The number of hydrogen-bond acceptors (Lipinski definition) is 5. The highest BCUT2D eigenvalue weighted by molar-refractivity contribution is 5.91. The van der Waals surface area contributed by atoms with Crippen molar-refractivity contribution in [3.05, 3.63) is 130 Å². The number of H-pyrrole nitrogens is 1. The van der Waals surface area contributed by atoms with E-state index in [1.54, 1.807) is 0 Å². The Labute approximate surface area is 210 Å². The van der Waals surface area contributed by atoms with Gasteiger partial charge < -0.3 is 10.2 Å². The van der Waals surface area contributed by atoms with Crippen LogP contribution in [-0.2, 0) is 16.7 Å². The fraction of sp³-hybridized carbons (Fsp3) is 0.200. The lowest BCUT2D eigenvalue weighted by Gasteiger charge is -2.43. The lowest BCUT2D eigenvalue weighted by Crippen LogP contribution is -2.52. The van der Waals surface area contributed by atoms with Crippen LogP contribution in [0.25, 0.3) is 5.57 Å². The summed E-state index contributed by atoms with van der Waals surface area (Å²) in [6, 6.07) is 31.9. The third-order valence-corrected chi connectivity index (χ3v) is 7.19. The van der Waals surface area contributed by atoms with Crippen molar-refractivity contribution >= 4 is 11.5 Å². The zero-order valence-electron chi connectivity index (χ0n) is 20.2. The lowest BCUT2D eigenvalue weighted by molar-refractivity contribution is 0.0518. The van der Waals surface area contributed by atoms with Gasteiger partial charge in [0, 0.05) is 23.4 Å². The number of rotatable bonds is 6. The van der Waals surface area contributed by atoms with Gasteiger partial charge in [-0.15, -0.1) is 0 Å². The third kappa shape index (κ3) is 3.45. The lowest BCUT2D eigenvalue weighted by atomic mass is 9.76. The van der Waals surface area contributed by atoms with Crippen LogP contribution in [0.4, 0.5) is 0 Å². The molecule has 6 rings (SSSR count). The number of aromatic nitrogens is 2. The molecule has 2 N–H and O–H groups in total. The number of nitrogens with one attached hydrogen (secondary N) is 2. The zero-order valence-corrected chi connectivity index (χ0v) is 20.2. The molecule has 2 aliphatic rings. The van der Waals surface area contributed by atoms with Crippen molar-refractivity contribution in [2.45, 2.75) is 25.3 Å². The number of hydrogen-bond donors (Lipinski definition) is 2. The molecule has 6 heteroatoms. The second-order valence-electron chi connectivity index (χ2n) is 9.11. The van der Waals surface area contributed by atoms with E-state index in [1.807, 2.05) is 6.92 Å². The van der Waals surface area contributed by atoms with Gasteiger partial charge in [0.2, 0.25) is 0 Å². The zero-order chi connectivity index (χ0) is 24.5. The minimum absolute atomic E-state index is 0.337. The van der Waals surface area contributed by atoms with Crippen LogP contribution in [0, 0.1) is 0 Å². The number of nitrogens with zero attached hydrogens (tertiary/aromatic N) is 2. The third-order valence-electron chi connectivity index (χ3n) is 7.19. The van der Waals surface area contributed by atoms with Crippen LogP contribution in [0.15, 0.2) is 96.7 Å². The van der Waals surface area contributed by atoms with Crippen molar-refractivity contribution in [2.24, 2.45) is 0 Å². The van der Waals surface area contributed by atoms with Crippen LogP contribution >= 0.6 is 0 Å². The highest BCUT2D eigenvalue weighted by Crippen LogP contribution is 2.46. The number of hydrazine groups is 1. The van der Waals surface area contributed by atoms with E-state index in [-0.39, 0.29) is 5.97 Å². The predicted octanol–water partition coefficient (Wildman–Crippen LogP) is 5.06. The Morgan fingerprint density at radius 2 is 1.44 bits per heavy atom. The van der Waals surface area contributed by atoms with Gasteiger partial charge in [-0.1, -0.05) is 91.0 Å². The molecule has 0 saturated carbocycles. The minimum Gasteiger partial charge on any atom is -0.461 e. The molecule has 0 bridgehead atoms. The molecule has 0 radical (unpaired) electrons. The normalized spacial score (nSPS) is 15.2. The van der Waals surface area contributed by atoms with E-state index in [1.165, 1.54) is 16.7 Å². The molecule has 0 saturated heterocycles. The largest absolute Gasteiger partial charge is 0.461 e. The molecule has 0 fully saturated rings. The maximum absolute atomic E-state index is 12.5. The summed E-state index contributed by atoms with van der Waals surface area (Å²) in [6.07, 6.45) is 1.54. The number of carbonyl (C=O) groups is 1. The molecular formula is C30H28N4O2. The Morgan fingerprint density at radius 3 is 1.97 bits per heavy atom. The van der Waals surface area contributed by atoms with Gasteiger partial charge in [0.25, 0.3) is 0 Å². The van der Waals surface area contributed by atoms with E-state index in [0.717, 1.165) is 35.4 Å². The van der Waals surface area contributed by atoms with Crippen molar-refractivity contribution < 1.29 is 9.53 Å². The van der Waals surface area contributed by atoms with Gasteiger partial charge in [-0.05, 0) is 36.5 Å². The molecule has 0 atom stereocenters. The first-order valence-corrected chi connectivity index (χ1v) is 12.4. The molecular weight excluding hydrogens is 448 g/mol. The van der Waals surface area contributed by atoms with Gasteiger partial charge in [-0.2, -0.15) is 10.1 Å². The summed E-state index contributed by atoms with van der Waals surface area (Å²) in [6.45, 7) is 2.79. The summed E-state index contributed by atoms with van der Waals surface area (Å²) in [7, 11) is 0. The highest BCUT2D eigenvalue weighted by Gasteiger charge is 2.46. The Morgan fingerprint density at radius 1 is 0.889 bits per heavy atom. The average Bonchev–Trinajstić information content (AvgIpc) is 3.56. The van der Waals surface area contributed by atoms with E-state index in [2.05, 4.69) is 112 Å². The number of aromatic amines is 1. The van der Waals surface area contributed by atoms with Crippen molar-refractivity contribution in [1.82, 2.24) is 20.6 Å². The molecule has 36 heavy (non-hydrogen) atoms. The van der Waals surface area contributed by atoms with E-state index < -0.39 is 5.54 Å². The van der Waals surface area contributed by atoms with Gasteiger partial charge in [0.1, 0.15) is 11.2 Å². The second-order valence-corrected chi connectivity index (χ2v) is 9.11. The first-order valence-electron chi connectivity index (χ1n) is 12.4. The molecule has 180 valence electrons. The summed E-state index contributed by atoms with van der Waals surface area (Å²) < 4.78 is 5.26. The number of ether oxygens (including phenoxy) is 1. The number of benzene rings is 3. The van der Waals surface area contributed by atoms with Crippen molar-refractivity contribution in [2.75, 3.05) is 13.2 Å². The van der Waals surface area contributed by atoms with Gasteiger partial charge in [-0.25, -0.2) is 4.79 Å². The summed E-state index contributed by atoms with van der Waals surface area (Å²) in [5.74, 6) is -0.342. The summed E-state index contributed by atoms with van der Waals surface area (Å²) >= 11 is 0. The van der Waals surface area contributed by atoms with Crippen molar-refractivity contribution in [3.63, 3.8) is 0 Å². The van der Waals surface area contributed by atoms with E-state index in [9.17, 15) is 4.79 Å².